The van der Waals surface area contributed by atoms with Crippen LogP contribution in [0.3, 0.4) is 0 Å². The molecule has 0 aliphatic heterocycles. The van der Waals surface area contributed by atoms with Gasteiger partial charge in [-0.05, 0) is 12.0 Å². The minimum absolute atomic E-state index is 0.204. The molecule has 1 aliphatic carbocycles. The first-order valence-corrected chi connectivity index (χ1v) is 5.04. The van der Waals surface area contributed by atoms with Crippen LogP contribution in [-0.4, -0.2) is 31.2 Å². The summed E-state index contributed by atoms with van der Waals surface area (Å²) in [6.07, 6.45) is 6.17. The molecule has 16 heavy (non-hydrogen) atoms. The van der Waals surface area contributed by atoms with E-state index in [9.17, 15) is 0 Å². The van der Waals surface area contributed by atoms with Crippen molar-refractivity contribution in [1.29, 1.82) is 0 Å². The maximum atomic E-state index is 8.95. The van der Waals surface area contributed by atoms with E-state index in [4.69, 9.17) is 10.8 Å². The number of aliphatic hydroxyl groups is 1. The van der Waals surface area contributed by atoms with E-state index in [0.29, 0.717) is 17.1 Å². The van der Waals surface area contributed by atoms with Crippen LogP contribution in [0.15, 0.2) is 18.1 Å². The van der Waals surface area contributed by atoms with Gasteiger partial charge in [0.05, 0.1) is 6.20 Å². The van der Waals surface area contributed by atoms with Crippen molar-refractivity contribution in [2.45, 2.75) is 6.42 Å². The van der Waals surface area contributed by atoms with Crippen molar-refractivity contribution in [3.05, 3.63) is 18.1 Å². The Morgan fingerprint density at radius 3 is 3.19 bits per heavy atom. The van der Waals surface area contributed by atoms with E-state index in [0.717, 1.165) is 6.42 Å². The zero-order valence-electron chi connectivity index (χ0n) is 8.54. The van der Waals surface area contributed by atoms with Gasteiger partial charge in [0.2, 0.25) is 5.95 Å². The number of hydrogen-bond acceptors (Lipinski definition) is 5. The number of imidazole rings is 1. The predicted molar refractivity (Wildman–Crippen MR) is 59.2 cm³/mol. The highest BCUT2D eigenvalue weighted by Gasteiger charge is 2.28. The molecule has 1 aliphatic rings. The van der Waals surface area contributed by atoms with E-state index in [2.05, 4.69) is 15.0 Å². The fraction of sp³-hybridized carbons (Fsp3) is 0.300. The van der Waals surface area contributed by atoms with Crippen molar-refractivity contribution in [2.24, 2.45) is 5.92 Å². The number of rotatable bonds is 2. The van der Waals surface area contributed by atoms with E-state index < -0.39 is 0 Å². The van der Waals surface area contributed by atoms with Crippen LogP contribution < -0.4 is 5.73 Å². The Kier molecular flexibility index (Phi) is 1.90. The summed E-state index contributed by atoms with van der Waals surface area (Å²) in [5, 5.41) is 8.95. The molecular formula is C10H11N5O. The second kappa shape index (κ2) is 3.28. The van der Waals surface area contributed by atoms with Crippen molar-refractivity contribution in [3.8, 4) is 0 Å². The van der Waals surface area contributed by atoms with Crippen LogP contribution in [0.1, 0.15) is 6.42 Å². The monoisotopic (exact) mass is 217 g/mol. The molecule has 2 aromatic heterocycles. The molecular weight excluding hydrogens is 206 g/mol. The summed E-state index contributed by atoms with van der Waals surface area (Å²) in [7, 11) is 0. The van der Waals surface area contributed by atoms with E-state index in [1.807, 2.05) is 10.8 Å². The first-order valence-electron chi connectivity index (χ1n) is 5.04. The van der Waals surface area contributed by atoms with Gasteiger partial charge in [-0.3, -0.25) is 4.57 Å². The Morgan fingerprint density at radius 1 is 1.56 bits per heavy atom. The minimum Gasteiger partial charge on any atom is -0.396 e. The number of anilines is 1. The zero-order valence-corrected chi connectivity index (χ0v) is 8.54. The number of fused-ring (bicyclic) bond motifs is 1. The predicted octanol–water partition coefficient (Wildman–Crippen LogP) is 0.262. The fourth-order valence-corrected chi connectivity index (χ4v) is 1.68. The van der Waals surface area contributed by atoms with Gasteiger partial charge >= 0.3 is 0 Å². The van der Waals surface area contributed by atoms with E-state index in [1.165, 1.54) is 5.57 Å². The standard InChI is InChI=1S/C10H11N5O/c11-10-12-2-8-9(14-10)15(5-13-8)3-6-1-7(6)4-16/h2-3,5,7,16H,1,4H2,(H2,11,12,14)/b6-3-/t7-/m1/s1. The Balaban J connectivity index is 2.05. The SMILES string of the molecule is Nc1ncc2ncn(/C=C3/C[C@@H]3CO)c2n1. The highest BCUT2D eigenvalue weighted by molar-refractivity contribution is 5.73. The third-order valence-electron chi connectivity index (χ3n) is 2.71. The lowest BCUT2D eigenvalue weighted by Gasteiger charge is -1.95. The number of aliphatic hydroxyl groups excluding tert-OH is 1. The summed E-state index contributed by atoms with van der Waals surface area (Å²) < 4.78 is 1.82. The lowest BCUT2D eigenvalue weighted by Crippen LogP contribution is -1.96. The van der Waals surface area contributed by atoms with Crippen LogP contribution in [0.4, 0.5) is 5.95 Å². The smallest absolute Gasteiger partial charge is 0.222 e. The van der Waals surface area contributed by atoms with Crippen molar-refractivity contribution >= 4 is 23.3 Å². The number of nitrogen functional groups attached to an aromatic ring is 1. The van der Waals surface area contributed by atoms with Gasteiger partial charge in [0.15, 0.2) is 5.65 Å². The Hall–Kier alpha value is -1.95. The fourth-order valence-electron chi connectivity index (χ4n) is 1.68. The average molecular weight is 217 g/mol. The maximum absolute atomic E-state index is 8.95. The number of aromatic nitrogens is 4. The van der Waals surface area contributed by atoms with Crippen molar-refractivity contribution < 1.29 is 5.11 Å². The average Bonchev–Trinajstić information content (AvgIpc) is 2.93. The molecule has 0 amide bonds. The molecule has 1 atom stereocenters. The molecule has 1 saturated carbocycles. The third kappa shape index (κ3) is 1.43. The van der Waals surface area contributed by atoms with Gasteiger partial charge in [0, 0.05) is 18.7 Å². The lowest BCUT2D eigenvalue weighted by atomic mass is 10.4. The first-order chi connectivity index (χ1) is 7.78. The number of nitrogens with two attached hydrogens (primary N) is 1. The molecule has 0 radical (unpaired) electrons. The Labute approximate surface area is 91.5 Å². The highest BCUT2D eigenvalue weighted by atomic mass is 16.3. The second-order valence-electron chi connectivity index (χ2n) is 3.88. The summed E-state index contributed by atoms with van der Waals surface area (Å²) in [4.78, 5) is 12.2. The van der Waals surface area contributed by atoms with Crippen LogP contribution in [0.2, 0.25) is 0 Å². The first kappa shape index (κ1) is 9.29. The molecule has 0 unspecified atom stereocenters. The van der Waals surface area contributed by atoms with Gasteiger partial charge in [-0.15, -0.1) is 0 Å². The summed E-state index contributed by atoms with van der Waals surface area (Å²) >= 11 is 0. The van der Waals surface area contributed by atoms with Crippen LogP contribution >= 0.6 is 0 Å². The largest absolute Gasteiger partial charge is 0.396 e. The molecule has 2 aromatic rings. The molecule has 3 rings (SSSR count). The van der Waals surface area contributed by atoms with Crippen molar-refractivity contribution in [3.63, 3.8) is 0 Å². The normalized spacial score (nSPS) is 21.8. The van der Waals surface area contributed by atoms with E-state index >= 15 is 0 Å². The van der Waals surface area contributed by atoms with E-state index in [1.54, 1.807) is 12.5 Å². The van der Waals surface area contributed by atoms with Gasteiger partial charge in [0.25, 0.3) is 0 Å². The quantitative estimate of drug-likeness (QED) is 0.753. The molecule has 6 heteroatoms. The summed E-state index contributed by atoms with van der Waals surface area (Å²) in [6, 6.07) is 0. The minimum atomic E-state index is 0.204. The molecule has 82 valence electrons. The van der Waals surface area contributed by atoms with Crippen LogP contribution in [0, 0.1) is 5.92 Å². The molecule has 6 nitrogen and oxygen atoms in total. The molecule has 1 fully saturated rings. The van der Waals surface area contributed by atoms with Crippen LogP contribution in [-0.2, 0) is 0 Å². The lowest BCUT2D eigenvalue weighted by molar-refractivity contribution is 0.281. The van der Waals surface area contributed by atoms with Crippen molar-refractivity contribution in [2.75, 3.05) is 12.3 Å². The zero-order chi connectivity index (χ0) is 11.1. The third-order valence-corrected chi connectivity index (χ3v) is 2.71. The Bertz CT molecular complexity index is 574. The number of nitrogens with zero attached hydrogens (tertiary/aromatic N) is 4. The van der Waals surface area contributed by atoms with E-state index in [-0.39, 0.29) is 12.6 Å². The van der Waals surface area contributed by atoms with Gasteiger partial charge in [-0.1, -0.05) is 0 Å². The van der Waals surface area contributed by atoms with Gasteiger partial charge in [-0.25, -0.2) is 9.97 Å². The van der Waals surface area contributed by atoms with Gasteiger partial charge in [0.1, 0.15) is 11.8 Å². The molecule has 2 heterocycles. The highest BCUT2D eigenvalue weighted by Crippen LogP contribution is 2.37. The van der Waals surface area contributed by atoms with Crippen LogP contribution in [0.5, 0.6) is 0 Å². The van der Waals surface area contributed by atoms with Gasteiger partial charge < -0.3 is 10.8 Å². The van der Waals surface area contributed by atoms with Gasteiger partial charge in [-0.2, -0.15) is 4.98 Å². The van der Waals surface area contributed by atoms with Crippen molar-refractivity contribution in [1.82, 2.24) is 19.5 Å². The molecule has 0 aromatic carbocycles. The molecule has 3 N–H and O–H groups in total. The Morgan fingerprint density at radius 2 is 2.44 bits per heavy atom. The number of hydrogen-bond donors (Lipinski definition) is 2. The van der Waals surface area contributed by atoms with Crippen LogP contribution in [0.25, 0.3) is 17.4 Å². The second-order valence-corrected chi connectivity index (χ2v) is 3.88. The topological polar surface area (TPSA) is 89.8 Å². The summed E-state index contributed by atoms with van der Waals surface area (Å²) in [5.41, 5.74) is 8.15. The molecule has 0 bridgehead atoms. The molecule has 0 saturated heterocycles. The maximum Gasteiger partial charge on any atom is 0.222 e. The summed E-state index contributed by atoms with van der Waals surface area (Å²) in [6.45, 7) is 0.204. The molecule has 0 spiro atoms. The summed E-state index contributed by atoms with van der Waals surface area (Å²) in [5.74, 6) is 0.541.